The van der Waals surface area contributed by atoms with Gasteiger partial charge in [-0.3, -0.25) is 0 Å². The SMILES string of the molecule is C=C.NC(=S)[S-].NC(=S)[S-].NC(=S)[S-].NC(=S)[S-].[Mn+2].[Zn+2]. The third-order valence-electron chi connectivity index (χ3n) is 0. The molecule has 0 aromatic carbocycles. The van der Waals surface area contributed by atoms with Crippen molar-refractivity contribution in [1.82, 2.24) is 0 Å². The van der Waals surface area contributed by atoms with Crippen molar-refractivity contribution in [3.05, 3.63) is 13.2 Å². The smallest absolute Gasteiger partial charge is 0.415 e. The molecule has 0 aromatic heterocycles. The van der Waals surface area contributed by atoms with E-state index in [1.54, 1.807) is 0 Å². The normalized spacial score (nSPS) is 5.00. The number of hydrogen-bond acceptors (Lipinski definition) is 8. The summed E-state index contributed by atoms with van der Waals surface area (Å²) in [6, 6.07) is 0. The summed E-state index contributed by atoms with van der Waals surface area (Å²) in [7, 11) is 0. The van der Waals surface area contributed by atoms with E-state index in [4.69, 9.17) is 0 Å². The van der Waals surface area contributed by atoms with E-state index in [2.05, 4.69) is 135 Å². The summed E-state index contributed by atoms with van der Waals surface area (Å²) in [6.07, 6.45) is 0. The van der Waals surface area contributed by atoms with Crippen LogP contribution in [0.5, 0.6) is 0 Å². The van der Waals surface area contributed by atoms with Gasteiger partial charge in [-0.2, -0.15) is 0 Å². The average molecular weight is 517 g/mol. The van der Waals surface area contributed by atoms with Crippen molar-refractivity contribution in [1.29, 1.82) is 0 Å². The predicted octanol–water partition coefficient (Wildman–Crippen LogP) is -0.0952. The molecule has 8 N–H and O–H groups in total. The van der Waals surface area contributed by atoms with Gasteiger partial charge in [0.2, 0.25) is 0 Å². The summed E-state index contributed by atoms with van der Waals surface area (Å²) in [5, 5.41) is 0. The first-order chi connectivity index (χ1) is 7.93. The monoisotopic (exact) mass is 515 g/mol. The minimum Gasteiger partial charge on any atom is -0.415 e. The van der Waals surface area contributed by atoms with E-state index in [1.807, 2.05) is 0 Å². The molecule has 113 valence electrons. The van der Waals surface area contributed by atoms with Crippen LogP contribution in [-0.4, -0.2) is 17.3 Å². The van der Waals surface area contributed by atoms with Crippen molar-refractivity contribution in [2.45, 2.75) is 0 Å². The van der Waals surface area contributed by atoms with Gasteiger partial charge in [0.15, 0.2) is 0 Å². The molecule has 0 amide bonds. The van der Waals surface area contributed by atoms with Crippen LogP contribution in [0.3, 0.4) is 0 Å². The Hall–Kier alpha value is 1.32. The van der Waals surface area contributed by atoms with E-state index in [1.165, 1.54) is 0 Å². The zero-order valence-corrected chi connectivity index (χ0v) is 20.8. The molecule has 0 saturated carbocycles. The second-order valence-corrected chi connectivity index (χ2v) is 5.83. The summed E-state index contributed by atoms with van der Waals surface area (Å²) in [5.74, 6) is 0. The molecule has 0 aliphatic heterocycles. The van der Waals surface area contributed by atoms with E-state index in [0.29, 0.717) is 0 Å². The minimum atomic E-state index is 0. The number of thiocarbonyl (C=S) groups is 4. The fraction of sp³-hybridized carbons (Fsp3) is 0. The third-order valence-corrected chi connectivity index (χ3v) is 0. The van der Waals surface area contributed by atoms with E-state index >= 15 is 0 Å². The van der Waals surface area contributed by atoms with E-state index in [9.17, 15) is 0 Å². The molecular formula is C6H12MnN4S8Zn. The Labute approximate surface area is 187 Å². The van der Waals surface area contributed by atoms with Crippen LogP contribution in [0.25, 0.3) is 0 Å². The second-order valence-electron chi connectivity index (χ2n) is 1.28. The van der Waals surface area contributed by atoms with Crippen molar-refractivity contribution < 1.29 is 36.5 Å². The van der Waals surface area contributed by atoms with Gasteiger partial charge in [-0.25, -0.2) is 0 Å². The van der Waals surface area contributed by atoms with Gasteiger partial charge in [0, 0.05) is 0 Å². The molecule has 0 atom stereocenters. The third kappa shape index (κ3) is 3710. The fourth-order valence-corrected chi connectivity index (χ4v) is 0. The number of hydrogen-bond donors (Lipinski definition) is 4. The first-order valence-electron chi connectivity index (χ1n) is 3.29. The first kappa shape index (κ1) is 42.9. The van der Waals surface area contributed by atoms with E-state index in [0.717, 1.165) is 0 Å². The van der Waals surface area contributed by atoms with Crippen LogP contribution >= 0.6 is 48.9 Å². The van der Waals surface area contributed by atoms with Crippen molar-refractivity contribution in [2.24, 2.45) is 22.9 Å². The molecule has 4 nitrogen and oxygen atoms in total. The van der Waals surface area contributed by atoms with Crippen LogP contribution in [0.1, 0.15) is 0 Å². The Bertz CT molecular complexity index is 191. The Morgan fingerprint density at radius 2 is 0.600 bits per heavy atom. The van der Waals surface area contributed by atoms with Crippen LogP contribution in [0, 0.1) is 0 Å². The van der Waals surface area contributed by atoms with Gasteiger partial charge in [-0.15, -0.1) is 13.2 Å². The van der Waals surface area contributed by atoms with Gasteiger partial charge in [0.05, 0.1) is 0 Å². The van der Waals surface area contributed by atoms with Crippen molar-refractivity contribution in [3.63, 3.8) is 0 Å². The summed E-state index contributed by atoms with van der Waals surface area (Å²) in [6.45, 7) is 6.00. The molecule has 0 aliphatic carbocycles. The zero-order valence-electron chi connectivity index (χ0n) is 10.1. The Balaban J connectivity index is -0.0000000209. The molecule has 14 heteroatoms. The minimum absolute atomic E-state index is 0. The van der Waals surface area contributed by atoms with Crippen LogP contribution < -0.4 is 22.9 Å². The van der Waals surface area contributed by atoms with Gasteiger partial charge in [0.1, 0.15) is 0 Å². The molecule has 0 aromatic rings. The van der Waals surface area contributed by atoms with Crippen molar-refractivity contribution in [3.8, 4) is 0 Å². The van der Waals surface area contributed by atoms with Gasteiger partial charge in [0.25, 0.3) is 0 Å². The second kappa shape index (κ2) is 42.7. The summed E-state index contributed by atoms with van der Waals surface area (Å²) < 4.78 is 0.333. The molecule has 0 fully saturated rings. The van der Waals surface area contributed by atoms with Gasteiger partial charge in [-0.1, -0.05) is 17.3 Å². The predicted molar refractivity (Wildman–Crippen MR) is 108 cm³/mol. The Morgan fingerprint density at radius 3 is 0.600 bits per heavy atom. The first-order valence-corrected chi connectivity index (χ1v) is 6.55. The van der Waals surface area contributed by atoms with E-state index in [-0.39, 0.29) is 53.8 Å². The topological polar surface area (TPSA) is 104 Å². The molecular weight excluding hydrogens is 505 g/mol. The van der Waals surface area contributed by atoms with Crippen LogP contribution in [-0.2, 0) is 87.1 Å². The molecule has 0 spiro atoms. The largest absolute Gasteiger partial charge is 2.00 e. The summed E-state index contributed by atoms with van der Waals surface area (Å²) in [4.78, 5) is 0. The van der Waals surface area contributed by atoms with Crippen molar-refractivity contribution in [2.75, 3.05) is 0 Å². The maximum absolute atomic E-state index is 4.66. The fourth-order valence-electron chi connectivity index (χ4n) is 0. The molecule has 0 bridgehead atoms. The van der Waals surface area contributed by atoms with Crippen LogP contribution in [0.4, 0.5) is 0 Å². The molecule has 0 aliphatic rings. The molecule has 0 rings (SSSR count). The van der Waals surface area contributed by atoms with Crippen molar-refractivity contribution >= 4 is 117 Å². The van der Waals surface area contributed by atoms with Crippen LogP contribution in [0.2, 0.25) is 0 Å². The maximum Gasteiger partial charge on any atom is 2.00 e. The maximum atomic E-state index is 4.66. The number of nitrogens with two attached hydrogens (primary N) is 4. The molecule has 20 heavy (non-hydrogen) atoms. The molecule has 1 radical (unpaired) electrons. The quantitative estimate of drug-likeness (QED) is 0.150. The summed E-state index contributed by atoms with van der Waals surface area (Å²) >= 11 is 33.0. The Kier molecular flexibility index (Phi) is 91.8. The average Bonchev–Trinajstić information content (AvgIpc) is 2.01. The van der Waals surface area contributed by atoms with E-state index < -0.39 is 0 Å². The Morgan fingerprint density at radius 1 is 0.600 bits per heavy atom. The standard InChI is InChI=1S/C2H4.4CH3NS2.Mn.Zn/c1-2;4*2-1(3)4;;/h1-2H2;4*(H3,2,3,4);;/q;;;;;2*+2/p-4. The molecule has 0 heterocycles. The van der Waals surface area contributed by atoms with Crippen LogP contribution in [0.15, 0.2) is 13.2 Å². The number of rotatable bonds is 0. The molecule has 0 unspecified atom stereocenters. The molecule has 0 saturated heterocycles. The van der Waals surface area contributed by atoms with Gasteiger partial charge < -0.3 is 122 Å². The van der Waals surface area contributed by atoms with Gasteiger partial charge >= 0.3 is 36.5 Å². The van der Waals surface area contributed by atoms with Gasteiger partial charge in [-0.05, 0) is 0 Å². The zero-order chi connectivity index (χ0) is 16.3. The summed E-state index contributed by atoms with van der Waals surface area (Å²) in [5.41, 5.74) is 18.6.